The molecule has 0 aromatic heterocycles. The Morgan fingerprint density at radius 2 is 1.57 bits per heavy atom. The van der Waals surface area contributed by atoms with E-state index in [4.69, 9.17) is 0 Å². The van der Waals surface area contributed by atoms with E-state index < -0.39 is 45.1 Å². The first-order chi connectivity index (χ1) is 19.6. The molecule has 0 bridgehead atoms. The van der Waals surface area contributed by atoms with E-state index in [1.807, 2.05) is 6.92 Å². The molecule has 42 heavy (non-hydrogen) atoms. The van der Waals surface area contributed by atoms with Crippen LogP contribution in [0.4, 0.5) is 8.78 Å². The number of rotatable bonds is 6. The summed E-state index contributed by atoms with van der Waals surface area (Å²) in [4.78, 5) is 0.259. The molecule has 8 atom stereocenters. The third kappa shape index (κ3) is 5.31. The third-order valence-corrected chi connectivity index (χ3v) is 15.3. The molecular weight excluding hydrogens is 554 g/mol. The molecule has 234 valence electrons. The van der Waals surface area contributed by atoms with Crippen molar-refractivity contribution in [3.05, 3.63) is 42.0 Å². The van der Waals surface area contributed by atoms with Crippen LogP contribution in [-0.4, -0.2) is 41.0 Å². The Morgan fingerprint density at radius 1 is 0.881 bits per heavy atom. The summed E-state index contributed by atoms with van der Waals surface area (Å²) in [5.41, 5.74) is -0.395. The number of hydrogen-bond acceptors (Lipinski definition) is 4. The minimum absolute atomic E-state index is 0.0215. The molecule has 5 aliphatic rings. The van der Waals surface area contributed by atoms with Gasteiger partial charge in [0.2, 0.25) is 5.92 Å². The topological polar surface area (TPSA) is 74.6 Å². The summed E-state index contributed by atoms with van der Waals surface area (Å²) >= 11 is 0. The molecule has 2 N–H and O–H groups in total. The second-order valence-corrected chi connectivity index (χ2v) is 18.0. The summed E-state index contributed by atoms with van der Waals surface area (Å²) in [6.45, 7) is 6.78. The van der Waals surface area contributed by atoms with Gasteiger partial charge in [0.15, 0.2) is 9.84 Å². The SMILES string of the molecule is CC12CC[C@](C)(O)CC1=CCC1C2CCC2(C)C(CC(CC3(O)CCC(F)(F)CC3)S(=O)(=O)c3ccccc3)CCC12. The van der Waals surface area contributed by atoms with Crippen molar-refractivity contribution in [2.75, 3.05) is 0 Å². The maximum absolute atomic E-state index is 14.1. The predicted molar refractivity (Wildman–Crippen MR) is 161 cm³/mol. The lowest BCUT2D eigenvalue weighted by Gasteiger charge is -2.59. The van der Waals surface area contributed by atoms with E-state index in [0.717, 1.165) is 51.4 Å². The minimum atomic E-state index is -3.76. The summed E-state index contributed by atoms with van der Waals surface area (Å²) in [5, 5.41) is 21.5. The Balaban J connectivity index is 1.26. The third-order valence-electron chi connectivity index (χ3n) is 13.2. The number of benzene rings is 1. The molecule has 5 aliphatic carbocycles. The molecule has 7 heteroatoms. The Kier molecular flexibility index (Phi) is 7.58. The first kappa shape index (κ1) is 30.7. The van der Waals surface area contributed by atoms with Crippen LogP contribution in [0.5, 0.6) is 0 Å². The number of hydrogen-bond donors (Lipinski definition) is 2. The van der Waals surface area contributed by atoms with E-state index in [-0.39, 0.29) is 40.9 Å². The van der Waals surface area contributed by atoms with E-state index in [2.05, 4.69) is 19.9 Å². The molecule has 0 radical (unpaired) electrons. The maximum Gasteiger partial charge on any atom is 0.248 e. The Labute approximate surface area is 251 Å². The van der Waals surface area contributed by atoms with E-state index in [9.17, 15) is 27.4 Å². The average molecular weight is 605 g/mol. The number of alkyl halides is 2. The molecular formula is C35H50F2O4S. The number of sulfone groups is 1. The molecule has 7 unspecified atom stereocenters. The highest BCUT2D eigenvalue weighted by atomic mass is 32.2. The zero-order valence-electron chi connectivity index (χ0n) is 25.6. The quantitative estimate of drug-likeness (QED) is 0.324. The highest BCUT2D eigenvalue weighted by molar-refractivity contribution is 7.92. The van der Waals surface area contributed by atoms with Gasteiger partial charge >= 0.3 is 0 Å². The van der Waals surface area contributed by atoms with Crippen LogP contribution < -0.4 is 0 Å². The normalized spacial score (nSPS) is 41.6. The van der Waals surface area contributed by atoms with Gasteiger partial charge in [-0.05, 0) is 131 Å². The lowest BCUT2D eigenvalue weighted by atomic mass is 9.46. The van der Waals surface area contributed by atoms with E-state index in [0.29, 0.717) is 24.2 Å². The molecule has 1 aromatic rings. The van der Waals surface area contributed by atoms with Crippen molar-refractivity contribution in [3.8, 4) is 0 Å². The fourth-order valence-corrected chi connectivity index (χ4v) is 12.4. The Bertz CT molecular complexity index is 1300. The summed E-state index contributed by atoms with van der Waals surface area (Å²) in [5.74, 6) is -0.886. The number of aliphatic hydroxyl groups is 2. The fraction of sp³-hybridized carbons (Fsp3) is 0.771. The van der Waals surface area contributed by atoms with Gasteiger partial charge in [-0.3, -0.25) is 0 Å². The molecule has 0 saturated heterocycles. The van der Waals surface area contributed by atoms with Crippen LogP contribution in [0.25, 0.3) is 0 Å². The minimum Gasteiger partial charge on any atom is -0.390 e. The lowest BCUT2D eigenvalue weighted by molar-refractivity contribution is -0.107. The number of allylic oxidation sites excluding steroid dienone is 1. The van der Waals surface area contributed by atoms with Crippen LogP contribution in [0.3, 0.4) is 0 Å². The predicted octanol–water partition coefficient (Wildman–Crippen LogP) is 7.88. The molecule has 0 aliphatic heterocycles. The molecule has 1 aromatic carbocycles. The van der Waals surface area contributed by atoms with Crippen LogP contribution in [0, 0.1) is 34.5 Å². The first-order valence-corrected chi connectivity index (χ1v) is 17.9. The van der Waals surface area contributed by atoms with Crippen molar-refractivity contribution in [1.29, 1.82) is 0 Å². The second kappa shape index (κ2) is 10.4. The van der Waals surface area contributed by atoms with Crippen LogP contribution >= 0.6 is 0 Å². The van der Waals surface area contributed by atoms with Crippen LogP contribution in [0.15, 0.2) is 46.9 Å². The summed E-state index contributed by atoms with van der Waals surface area (Å²) in [7, 11) is -3.76. The van der Waals surface area contributed by atoms with Gasteiger partial charge in [0.25, 0.3) is 0 Å². The number of fused-ring (bicyclic) bond motifs is 5. The van der Waals surface area contributed by atoms with Crippen molar-refractivity contribution in [2.45, 2.75) is 138 Å². The van der Waals surface area contributed by atoms with Gasteiger partial charge in [-0.2, -0.15) is 0 Å². The largest absolute Gasteiger partial charge is 0.390 e. The molecule has 0 amide bonds. The van der Waals surface area contributed by atoms with Gasteiger partial charge in [-0.15, -0.1) is 0 Å². The summed E-state index contributed by atoms with van der Waals surface area (Å²) < 4.78 is 56.3. The molecule has 0 heterocycles. The summed E-state index contributed by atoms with van der Waals surface area (Å²) in [6.07, 6.45) is 9.95. The van der Waals surface area contributed by atoms with Crippen LogP contribution in [-0.2, 0) is 9.84 Å². The van der Waals surface area contributed by atoms with Crippen molar-refractivity contribution in [1.82, 2.24) is 0 Å². The Morgan fingerprint density at radius 3 is 2.26 bits per heavy atom. The molecule has 0 spiro atoms. The summed E-state index contributed by atoms with van der Waals surface area (Å²) in [6, 6.07) is 8.50. The molecule has 6 rings (SSSR count). The zero-order valence-corrected chi connectivity index (χ0v) is 26.4. The van der Waals surface area contributed by atoms with Gasteiger partial charge in [0, 0.05) is 12.8 Å². The van der Waals surface area contributed by atoms with Crippen molar-refractivity contribution in [3.63, 3.8) is 0 Å². The molecule has 4 nitrogen and oxygen atoms in total. The van der Waals surface area contributed by atoms with E-state index in [1.54, 1.807) is 30.3 Å². The van der Waals surface area contributed by atoms with Gasteiger partial charge < -0.3 is 10.2 Å². The van der Waals surface area contributed by atoms with Gasteiger partial charge in [-0.25, -0.2) is 17.2 Å². The zero-order chi connectivity index (χ0) is 30.2. The van der Waals surface area contributed by atoms with Crippen LogP contribution in [0.1, 0.15) is 111 Å². The van der Waals surface area contributed by atoms with Gasteiger partial charge in [-0.1, -0.05) is 43.7 Å². The number of halogens is 2. The van der Waals surface area contributed by atoms with Gasteiger partial charge in [0.1, 0.15) is 0 Å². The smallest absolute Gasteiger partial charge is 0.248 e. The van der Waals surface area contributed by atoms with Crippen molar-refractivity contribution >= 4 is 9.84 Å². The lowest BCUT2D eigenvalue weighted by Crippen LogP contribution is -2.52. The monoisotopic (exact) mass is 604 g/mol. The highest BCUT2D eigenvalue weighted by Gasteiger charge is 2.60. The molecule has 4 fully saturated rings. The van der Waals surface area contributed by atoms with E-state index in [1.165, 1.54) is 5.57 Å². The fourth-order valence-electron chi connectivity index (χ4n) is 10.4. The van der Waals surface area contributed by atoms with Gasteiger partial charge in [0.05, 0.1) is 21.3 Å². The van der Waals surface area contributed by atoms with Crippen molar-refractivity contribution in [2.24, 2.45) is 34.5 Å². The Hall–Kier alpha value is -1.31. The second-order valence-electron chi connectivity index (χ2n) is 15.8. The van der Waals surface area contributed by atoms with Crippen molar-refractivity contribution < 1.29 is 27.4 Å². The van der Waals surface area contributed by atoms with E-state index >= 15 is 0 Å². The standard InChI is InChI=1S/C35H50F2O4S/c1-31(38)15-16-33(3)25(22-31)9-11-28-29-12-10-24(32(29,2)14-13-30(28)33)21-27(42(40,41)26-7-5-4-6-8-26)23-34(39)17-19-35(36,37)20-18-34/h4-9,24,27-30,38-39H,10-23H2,1-3H3/t24?,27?,28?,29?,30?,31-,32?,33?/m0/s1. The average Bonchev–Trinajstić information content (AvgIpc) is 3.27. The first-order valence-electron chi connectivity index (χ1n) is 16.4. The highest BCUT2D eigenvalue weighted by Crippen LogP contribution is 2.67. The van der Waals surface area contributed by atoms with Crippen LogP contribution in [0.2, 0.25) is 0 Å². The molecule has 4 saturated carbocycles. The maximum atomic E-state index is 14.1.